The van der Waals surface area contributed by atoms with Gasteiger partial charge in [-0.2, -0.15) is 5.53 Å². The molecule has 10 heteroatoms. The number of unbranched alkanes of at least 4 members (excludes halogenated alkanes) is 2. The maximum Gasteiger partial charge on any atom is 0.251 e. The van der Waals surface area contributed by atoms with Crippen molar-refractivity contribution in [1.82, 2.24) is 20.3 Å². The maximum atomic E-state index is 12.9. The van der Waals surface area contributed by atoms with E-state index in [0.717, 1.165) is 67.8 Å². The van der Waals surface area contributed by atoms with Crippen LogP contribution in [0.2, 0.25) is 6.82 Å². The van der Waals surface area contributed by atoms with E-state index in [-0.39, 0.29) is 23.6 Å². The molecular weight excluding hydrogens is 607 g/mol. The Kier molecular flexibility index (Phi) is 10.7. The molecule has 1 unspecified atom stereocenters. The number of hydrogen-bond acceptors (Lipinski definition) is 6. The second-order valence-corrected chi connectivity index (χ2v) is 12.6. The predicted molar refractivity (Wildman–Crippen MR) is 192 cm³/mol. The zero-order valence-electron chi connectivity index (χ0n) is 27.3. The van der Waals surface area contributed by atoms with Crippen LogP contribution in [0.5, 0.6) is 0 Å². The van der Waals surface area contributed by atoms with E-state index in [0.29, 0.717) is 18.7 Å². The molecule has 1 amide bonds. The largest absolute Gasteiger partial charge is 0.377 e. The van der Waals surface area contributed by atoms with Gasteiger partial charge < -0.3 is 14.7 Å². The molecule has 3 aliphatic rings. The molecule has 0 saturated carbocycles. The number of Topliss-reactive ketones (excluding diaryl/α,β-unsaturated/α-hetero) is 1. The number of fused-ring (bicyclic) bond motifs is 1. The fraction of sp³-hybridized carbons (Fsp3) is 0.351. The Morgan fingerprint density at radius 2 is 1.83 bits per heavy atom. The van der Waals surface area contributed by atoms with E-state index in [1.807, 2.05) is 36.1 Å². The van der Waals surface area contributed by atoms with Crippen LogP contribution in [0.25, 0.3) is 5.57 Å². The standard InChI is InChI=1S/C37H43BClN6O2/c1-3-4-5-10-34(46)32-25-44(42-41-32)36-20-19-33(45(36)38-2)37(27-11-15-30(16-12-27)40-35(47)23-39)28-13-17-31(18-14-28)43-22-21-26-8-6-7-9-29(26)24-43/h6-9,11-13,15-20,32,41-42H,3-5,10,14,21-25H2,1-2H3,(H,40,47). The summed E-state index contributed by atoms with van der Waals surface area (Å²) >= 11 is 5.73. The van der Waals surface area contributed by atoms with Crippen LogP contribution in [0.3, 0.4) is 0 Å². The topological polar surface area (TPSA) is 81.6 Å². The van der Waals surface area contributed by atoms with Crippen molar-refractivity contribution in [1.29, 1.82) is 0 Å². The van der Waals surface area contributed by atoms with Crippen LogP contribution in [0.1, 0.15) is 61.4 Å². The Morgan fingerprint density at radius 3 is 2.55 bits per heavy atom. The van der Waals surface area contributed by atoms with Gasteiger partial charge in [-0.05, 0) is 71.9 Å². The van der Waals surface area contributed by atoms with Crippen LogP contribution in [-0.2, 0) is 22.6 Å². The number of rotatable bonds is 12. The summed E-state index contributed by atoms with van der Waals surface area (Å²) in [4.78, 5) is 27.3. The zero-order valence-corrected chi connectivity index (χ0v) is 28.0. The number of nitrogens with one attached hydrogen (secondary N) is 3. The van der Waals surface area contributed by atoms with Crippen molar-refractivity contribution in [2.45, 2.75) is 64.9 Å². The van der Waals surface area contributed by atoms with Gasteiger partial charge in [0.15, 0.2) is 5.78 Å². The second kappa shape index (κ2) is 15.2. The van der Waals surface area contributed by atoms with Gasteiger partial charge in [0.1, 0.15) is 17.7 Å². The van der Waals surface area contributed by atoms with E-state index in [9.17, 15) is 9.59 Å². The summed E-state index contributed by atoms with van der Waals surface area (Å²) in [5.41, 5.74) is 15.7. The lowest BCUT2D eigenvalue weighted by atomic mass is 9.89. The Hall–Kier alpha value is -4.05. The number of alkyl halides is 1. The second-order valence-electron chi connectivity index (χ2n) is 12.3. The third kappa shape index (κ3) is 7.43. The van der Waals surface area contributed by atoms with Crippen LogP contribution in [-0.4, -0.2) is 53.5 Å². The number of aromatic nitrogens is 1. The molecule has 2 aromatic carbocycles. The highest BCUT2D eigenvalue weighted by Crippen LogP contribution is 2.36. The van der Waals surface area contributed by atoms with Gasteiger partial charge in [-0.1, -0.05) is 75.1 Å². The summed E-state index contributed by atoms with van der Waals surface area (Å²) in [6.07, 6.45) is 12.4. The fourth-order valence-corrected chi connectivity index (χ4v) is 6.77. The Balaban J connectivity index is 1.29. The van der Waals surface area contributed by atoms with Gasteiger partial charge in [0.25, 0.3) is 7.41 Å². The Morgan fingerprint density at radius 1 is 1.02 bits per heavy atom. The van der Waals surface area contributed by atoms with E-state index in [4.69, 9.17) is 11.6 Å². The highest BCUT2D eigenvalue weighted by atomic mass is 35.5. The lowest BCUT2D eigenvalue weighted by molar-refractivity contribution is -0.120. The molecule has 1 saturated heterocycles. The predicted octanol–water partition coefficient (Wildman–Crippen LogP) is 6.23. The maximum absolute atomic E-state index is 12.9. The van der Waals surface area contributed by atoms with Crippen molar-refractivity contribution in [2.75, 3.05) is 29.3 Å². The van der Waals surface area contributed by atoms with E-state index in [1.165, 1.54) is 22.4 Å². The highest BCUT2D eigenvalue weighted by molar-refractivity contribution is 6.33. The van der Waals surface area contributed by atoms with E-state index in [2.05, 4.69) is 94.6 Å². The monoisotopic (exact) mass is 649 g/mol. The number of allylic oxidation sites excluding steroid dienone is 4. The van der Waals surface area contributed by atoms with Crippen LogP contribution in [0, 0.1) is 0 Å². The molecule has 2 aliphatic heterocycles. The minimum absolute atomic E-state index is 0.0909. The fourth-order valence-electron chi connectivity index (χ4n) is 6.70. The normalized spacial score (nSPS) is 18.5. The molecule has 3 N–H and O–H groups in total. The Labute approximate surface area is 283 Å². The number of benzene rings is 2. The molecule has 3 heterocycles. The molecule has 1 aromatic heterocycles. The summed E-state index contributed by atoms with van der Waals surface area (Å²) in [7, 11) is 2.07. The van der Waals surface area contributed by atoms with Gasteiger partial charge >= 0.3 is 0 Å². The van der Waals surface area contributed by atoms with E-state index in [1.54, 1.807) is 0 Å². The molecule has 1 radical (unpaired) electrons. The summed E-state index contributed by atoms with van der Waals surface area (Å²) in [5, 5.41) is 4.86. The van der Waals surface area contributed by atoms with Gasteiger partial charge in [-0.3, -0.25) is 14.6 Å². The number of ketones is 1. The molecule has 1 fully saturated rings. The number of carbonyl (C=O) groups excluding carboxylic acids is 2. The Bertz CT molecular complexity index is 1690. The van der Waals surface area contributed by atoms with E-state index < -0.39 is 0 Å². The number of hydrogen-bond donors (Lipinski definition) is 3. The van der Waals surface area contributed by atoms with E-state index >= 15 is 0 Å². The molecule has 1 aliphatic carbocycles. The summed E-state index contributed by atoms with van der Waals surface area (Å²) < 4.78 is 2.18. The number of carbonyl (C=O) groups is 2. The molecule has 0 spiro atoms. The number of hydrazine groups is 2. The quantitative estimate of drug-likeness (QED) is 0.123. The first kappa shape index (κ1) is 32.9. The average molecular weight is 650 g/mol. The molecule has 243 valence electrons. The third-order valence-corrected chi connectivity index (χ3v) is 9.47. The number of halogens is 1. The lowest BCUT2D eigenvalue weighted by Crippen LogP contribution is -2.39. The van der Waals surface area contributed by atoms with Crippen molar-refractivity contribution in [3.05, 3.63) is 113 Å². The van der Waals surface area contributed by atoms with Crippen molar-refractivity contribution in [3.8, 4) is 0 Å². The summed E-state index contributed by atoms with van der Waals surface area (Å²) in [6, 6.07) is 20.7. The minimum atomic E-state index is -0.254. The van der Waals surface area contributed by atoms with Gasteiger partial charge in [0.05, 0.1) is 6.54 Å². The highest BCUT2D eigenvalue weighted by Gasteiger charge is 2.30. The molecule has 0 bridgehead atoms. The summed E-state index contributed by atoms with van der Waals surface area (Å²) in [5.74, 6) is 0.862. The smallest absolute Gasteiger partial charge is 0.251 e. The lowest BCUT2D eigenvalue weighted by Gasteiger charge is -2.32. The van der Waals surface area contributed by atoms with Crippen LogP contribution in [0.4, 0.5) is 11.5 Å². The van der Waals surface area contributed by atoms with Gasteiger partial charge in [-0.25, -0.2) is 5.43 Å². The van der Waals surface area contributed by atoms with Gasteiger partial charge in [-0.15, -0.1) is 11.6 Å². The van der Waals surface area contributed by atoms with Gasteiger partial charge in [0.2, 0.25) is 5.91 Å². The molecule has 3 aromatic rings. The summed E-state index contributed by atoms with van der Waals surface area (Å²) in [6.45, 7) is 6.65. The minimum Gasteiger partial charge on any atom is -0.377 e. The molecular formula is C37H43BClN6O2. The van der Waals surface area contributed by atoms with Gasteiger partial charge in [0, 0.05) is 42.2 Å². The number of nitrogens with zero attached hydrogens (tertiary/aromatic N) is 3. The van der Waals surface area contributed by atoms with Crippen LogP contribution in [0.15, 0.2) is 90.2 Å². The molecule has 6 rings (SSSR count). The first-order chi connectivity index (χ1) is 23.0. The van der Waals surface area contributed by atoms with Crippen molar-refractivity contribution >= 4 is 47.8 Å². The third-order valence-electron chi connectivity index (χ3n) is 9.22. The molecule has 47 heavy (non-hydrogen) atoms. The first-order valence-corrected chi connectivity index (χ1v) is 17.2. The SMILES string of the molecule is C[B]n1c(C(=C2C=CC(N3CCc4ccccc4C3)=CC2)c2ccc(NC(=O)CCl)cc2)ccc1N1CC(C(=O)CCCCC)NN1. The molecule has 1 atom stereocenters. The first-order valence-electron chi connectivity index (χ1n) is 16.7. The number of anilines is 2. The number of amides is 1. The van der Waals surface area contributed by atoms with Crippen molar-refractivity contribution in [2.24, 2.45) is 0 Å². The average Bonchev–Trinajstić information content (AvgIpc) is 3.77. The van der Waals surface area contributed by atoms with Crippen LogP contribution < -0.4 is 21.3 Å². The zero-order chi connectivity index (χ0) is 32.8. The van der Waals surface area contributed by atoms with Crippen LogP contribution >= 0.6 is 11.6 Å². The van der Waals surface area contributed by atoms with Crippen molar-refractivity contribution < 1.29 is 9.59 Å². The molecule has 8 nitrogen and oxygen atoms in total. The van der Waals surface area contributed by atoms with Crippen molar-refractivity contribution in [3.63, 3.8) is 0 Å².